The smallest absolute Gasteiger partial charge is 0.167 e. The maximum Gasteiger partial charge on any atom is 0.167 e. The van der Waals surface area contributed by atoms with Crippen molar-refractivity contribution in [1.29, 1.82) is 0 Å². The summed E-state index contributed by atoms with van der Waals surface area (Å²) in [6.45, 7) is 0. The molecule has 0 radical (unpaired) electrons. The largest absolute Gasteiger partial charge is 0.455 e. The quantitative estimate of drug-likeness (QED) is 0.173. The van der Waals surface area contributed by atoms with E-state index in [9.17, 15) is 0 Å². The molecular weight excluding hydrogens is 657 g/mol. The zero-order valence-corrected chi connectivity index (χ0v) is 28.4. The summed E-state index contributed by atoms with van der Waals surface area (Å²) in [5, 5.41) is 7.98. The number of thiophene rings is 1. The second-order valence-corrected chi connectivity index (χ2v) is 14.0. The maximum atomic E-state index is 6.45. The predicted molar refractivity (Wildman–Crippen MR) is 215 cm³/mol. The summed E-state index contributed by atoms with van der Waals surface area (Å²) in [6, 6.07) is 54.3. The standard InChI is InChI=1S/C46H26N4OS/c1-3-13-27(14-4-1)41-32-25-26-38-40(39(32)31-18-7-9-23-36(31)47-41)33-20-12-22-35(43(33)52-38)46-49-44(28-15-5-2-6-16-28)48-45(50-46)34-21-11-19-30-29-17-8-10-24-37(29)51-42(30)34/h1-26H. The van der Waals surface area contributed by atoms with Crippen molar-refractivity contribution in [2.75, 3.05) is 0 Å². The van der Waals surface area contributed by atoms with Crippen molar-refractivity contribution in [3.05, 3.63) is 158 Å². The van der Waals surface area contributed by atoms with Crippen LogP contribution in [0.3, 0.4) is 0 Å². The number of benzene rings is 7. The van der Waals surface area contributed by atoms with Gasteiger partial charge in [-0.25, -0.2) is 19.9 Å². The molecule has 5 nitrogen and oxygen atoms in total. The van der Waals surface area contributed by atoms with E-state index in [0.717, 1.165) is 70.9 Å². The van der Waals surface area contributed by atoms with E-state index >= 15 is 0 Å². The third kappa shape index (κ3) is 4.41. The SMILES string of the molecule is c1ccc(-c2nc(-c3cccc4c3oc3ccccc34)nc(-c3cccc4c3sc3ccc5c(-c6ccccc6)nc6ccccc6c5c34)n2)cc1. The molecule has 0 saturated carbocycles. The first-order valence-electron chi connectivity index (χ1n) is 17.2. The average molecular weight is 683 g/mol. The van der Waals surface area contributed by atoms with Gasteiger partial charge in [-0.15, -0.1) is 11.3 Å². The van der Waals surface area contributed by atoms with Gasteiger partial charge in [0.25, 0.3) is 0 Å². The van der Waals surface area contributed by atoms with Gasteiger partial charge in [-0.1, -0.05) is 127 Å². The van der Waals surface area contributed by atoms with Crippen LogP contribution in [0, 0.1) is 0 Å². The predicted octanol–water partition coefficient (Wildman–Crippen LogP) is 12.5. The number of fused-ring (bicyclic) bond motifs is 10. The molecule has 0 fully saturated rings. The summed E-state index contributed by atoms with van der Waals surface area (Å²) in [5.74, 6) is 1.80. The molecule has 0 unspecified atom stereocenters. The lowest BCUT2D eigenvalue weighted by molar-refractivity contribution is 0.669. The number of para-hydroxylation sites is 3. The Labute approximate surface area is 301 Å². The monoisotopic (exact) mass is 682 g/mol. The van der Waals surface area contributed by atoms with Crippen LogP contribution in [-0.2, 0) is 0 Å². The minimum Gasteiger partial charge on any atom is -0.455 e. The van der Waals surface area contributed by atoms with Crippen LogP contribution in [0.2, 0.25) is 0 Å². The maximum absolute atomic E-state index is 6.45. The van der Waals surface area contributed by atoms with Gasteiger partial charge in [-0.05, 0) is 30.3 Å². The van der Waals surface area contributed by atoms with Gasteiger partial charge in [0, 0.05) is 63.8 Å². The number of nitrogens with zero attached hydrogens (tertiary/aromatic N) is 4. The molecule has 0 spiro atoms. The average Bonchev–Trinajstić information content (AvgIpc) is 3.80. The molecule has 0 aliphatic rings. The molecule has 7 aromatic carbocycles. The lowest BCUT2D eigenvalue weighted by Crippen LogP contribution is -2.00. The normalized spacial score (nSPS) is 11.8. The Hall–Kier alpha value is -6.76. The Morgan fingerprint density at radius 2 is 1.04 bits per heavy atom. The first-order valence-corrected chi connectivity index (χ1v) is 18.0. The number of hydrogen-bond donors (Lipinski definition) is 0. The Morgan fingerprint density at radius 1 is 0.404 bits per heavy atom. The van der Waals surface area contributed by atoms with Gasteiger partial charge >= 0.3 is 0 Å². The minimum atomic E-state index is 0.571. The summed E-state index contributed by atoms with van der Waals surface area (Å²) >= 11 is 1.78. The van der Waals surface area contributed by atoms with E-state index in [2.05, 4.69) is 91.0 Å². The summed E-state index contributed by atoms with van der Waals surface area (Å²) in [5.41, 5.74) is 7.38. The molecule has 6 heteroatoms. The zero-order chi connectivity index (χ0) is 34.2. The highest BCUT2D eigenvalue weighted by atomic mass is 32.1. The van der Waals surface area contributed by atoms with Crippen LogP contribution in [0.4, 0.5) is 0 Å². The highest BCUT2D eigenvalue weighted by Gasteiger charge is 2.21. The number of hydrogen-bond acceptors (Lipinski definition) is 6. The highest BCUT2D eigenvalue weighted by molar-refractivity contribution is 7.26. The van der Waals surface area contributed by atoms with E-state index in [-0.39, 0.29) is 0 Å². The van der Waals surface area contributed by atoms with Crippen LogP contribution in [-0.4, -0.2) is 19.9 Å². The van der Waals surface area contributed by atoms with Gasteiger partial charge in [0.05, 0.1) is 16.8 Å². The second-order valence-electron chi connectivity index (χ2n) is 12.9. The van der Waals surface area contributed by atoms with E-state index in [0.29, 0.717) is 17.5 Å². The van der Waals surface area contributed by atoms with Crippen molar-refractivity contribution >= 4 is 75.1 Å². The Kier molecular flexibility index (Phi) is 6.35. The fourth-order valence-corrected chi connectivity index (χ4v) is 8.80. The molecular formula is C46H26N4OS. The number of pyridine rings is 1. The zero-order valence-electron chi connectivity index (χ0n) is 27.6. The van der Waals surface area contributed by atoms with E-state index < -0.39 is 0 Å². The molecule has 0 N–H and O–H groups in total. The van der Waals surface area contributed by atoms with E-state index in [1.54, 1.807) is 11.3 Å². The van der Waals surface area contributed by atoms with E-state index in [1.807, 2.05) is 66.7 Å². The van der Waals surface area contributed by atoms with Crippen LogP contribution in [0.5, 0.6) is 0 Å². The lowest BCUT2D eigenvalue weighted by atomic mass is 9.96. The molecule has 0 atom stereocenters. The van der Waals surface area contributed by atoms with Gasteiger partial charge in [0.1, 0.15) is 11.2 Å². The molecule has 11 rings (SSSR count). The summed E-state index contributed by atoms with van der Waals surface area (Å²) in [6.07, 6.45) is 0. The molecule has 0 saturated heterocycles. The number of rotatable bonds is 4. The molecule has 11 aromatic rings. The van der Waals surface area contributed by atoms with Crippen LogP contribution in [0.25, 0.3) is 109 Å². The molecule has 52 heavy (non-hydrogen) atoms. The van der Waals surface area contributed by atoms with Crippen molar-refractivity contribution in [1.82, 2.24) is 19.9 Å². The molecule has 0 amide bonds. The van der Waals surface area contributed by atoms with Gasteiger partial charge < -0.3 is 4.42 Å². The van der Waals surface area contributed by atoms with Crippen LogP contribution >= 0.6 is 11.3 Å². The Bertz CT molecular complexity index is 3190. The molecule has 0 aliphatic heterocycles. The summed E-state index contributed by atoms with van der Waals surface area (Å²) < 4.78 is 8.79. The first-order chi connectivity index (χ1) is 25.8. The molecule has 4 aromatic heterocycles. The van der Waals surface area contributed by atoms with Crippen molar-refractivity contribution in [3.8, 4) is 45.4 Å². The number of aromatic nitrogens is 4. The fraction of sp³-hybridized carbons (Fsp3) is 0. The molecule has 0 bridgehead atoms. The fourth-order valence-electron chi connectivity index (χ4n) is 7.58. The van der Waals surface area contributed by atoms with Gasteiger partial charge in [0.2, 0.25) is 0 Å². The van der Waals surface area contributed by atoms with Crippen LogP contribution in [0.15, 0.2) is 162 Å². The van der Waals surface area contributed by atoms with Crippen molar-refractivity contribution in [3.63, 3.8) is 0 Å². The van der Waals surface area contributed by atoms with Crippen LogP contribution < -0.4 is 0 Å². The van der Waals surface area contributed by atoms with Gasteiger partial charge in [-0.3, -0.25) is 0 Å². The third-order valence-electron chi connectivity index (χ3n) is 9.92. The van der Waals surface area contributed by atoms with E-state index in [4.69, 9.17) is 24.4 Å². The van der Waals surface area contributed by atoms with Crippen molar-refractivity contribution in [2.45, 2.75) is 0 Å². The third-order valence-corrected chi connectivity index (χ3v) is 11.1. The van der Waals surface area contributed by atoms with Gasteiger partial charge in [0.15, 0.2) is 17.5 Å². The summed E-state index contributed by atoms with van der Waals surface area (Å²) in [4.78, 5) is 20.6. The van der Waals surface area contributed by atoms with Crippen molar-refractivity contribution in [2.24, 2.45) is 0 Å². The first kappa shape index (κ1) is 29.0. The second kappa shape index (κ2) is 11.4. The topological polar surface area (TPSA) is 64.7 Å². The van der Waals surface area contributed by atoms with E-state index in [1.165, 1.54) is 20.9 Å². The highest BCUT2D eigenvalue weighted by Crippen LogP contribution is 2.46. The van der Waals surface area contributed by atoms with Gasteiger partial charge in [-0.2, -0.15) is 0 Å². The Morgan fingerprint density at radius 3 is 1.87 bits per heavy atom. The number of furan rings is 1. The Balaban J connectivity index is 1.20. The minimum absolute atomic E-state index is 0.571. The van der Waals surface area contributed by atoms with Crippen LogP contribution in [0.1, 0.15) is 0 Å². The lowest BCUT2D eigenvalue weighted by Gasteiger charge is -2.12. The molecule has 0 aliphatic carbocycles. The summed E-state index contributed by atoms with van der Waals surface area (Å²) in [7, 11) is 0. The molecule has 242 valence electrons. The molecule has 4 heterocycles. The van der Waals surface area contributed by atoms with Crippen molar-refractivity contribution < 1.29 is 4.42 Å².